The number of fused-ring (bicyclic) bond motifs is 1. The summed E-state index contributed by atoms with van der Waals surface area (Å²) in [6, 6.07) is 22.0. The van der Waals surface area contributed by atoms with Gasteiger partial charge in [-0.05, 0) is 42.3 Å². The number of para-hydroxylation sites is 1. The maximum Gasteiger partial charge on any atom is 0.416 e. The first-order chi connectivity index (χ1) is 18.7. The van der Waals surface area contributed by atoms with Gasteiger partial charge in [0.15, 0.2) is 0 Å². The second-order valence-corrected chi connectivity index (χ2v) is 9.52. The first-order valence-corrected chi connectivity index (χ1v) is 12.5. The zero-order valence-electron chi connectivity index (χ0n) is 21.6. The van der Waals surface area contributed by atoms with Crippen molar-refractivity contribution in [2.75, 3.05) is 18.5 Å². The lowest BCUT2D eigenvalue weighted by atomic mass is 10.0. The molecular weight excluding hydrogens is 505 g/mol. The Balaban J connectivity index is 1.47. The quantitative estimate of drug-likeness (QED) is 0.286. The summed E-state index contributed by atoms with van der Waals surface area (Å²) in [5.41, 5.74) is 2.52. The van der Waals surface area contributed by atoms with Gasteiger partial charge >= 0.3 is 6.18 Å². The Labute approximate surface area is 224 Å². The van der Waals surface area contributed by atoms with Crippen LogP contribution in [0.5, 0.6) is 11.6 Å². The molecule has 9 heteroatoms. The molecule has 6 nitrogen and oxygen atoms in total. The van der Waals surface area contributed by atoms with Crippen LogP contribution < -0.4 is 9.64 Å². The molecule has 0 fully saturated rings. The Morgan fingerprint density at radius 3 is 2.49 bits per heavy atom. The number of anilines is 1. The Hall–Kier alpha value is -4.40. The molecule has 4 aromatic rings. The Morgan fingerprint density at radius 1 is 1.00 bits per heavy atom. The van der Waals surface area contributed by atoms with Gasteiger partial charge in [-0.2, -0.15) is 18.2 Å². The minimum absolute atomic E-state index is 0.0187. The van der Waals surface area contributed by atoms with Crippen molar-refractivity contribution in [3.63, 3.8) is 0 Å². The third-order valence-corrected chi connectivity index (χ3v) is 6.64. The fourth-order valence-electron chi connectivity index (χ4n) is 4.51. The van der Waals surface area contributed by atoms with E-state index in [1.165, 1.54) is 17.0 Å². The van der Waals surface area contributed by atoms with Crippen molar-refractivity contribution in [3.8, 4) is 11.6 Å². The van der Waals surface area contributed by atoms with Gasteiger partial charge in [0.25, 0.3) is 5.91 Å². The maximum absolute atomic E-state index is 13.3. The van der Waals surface area contributed by atoms with Gasteiger partial charge in [0, 0.05) is 32.1 Å². The van der Waals surface area contributed by atoms with Crippen LogP contribution in [0.25, 0.3) is 0 Å². The van der Waals surface area contributed by atoms with E-state index < -0.39 is 17.6 Å². The van der Waals surface area contributed by atoms with Gasteiger partial charge in [-0.1, -0.05) is 54.6 Å². The second kappa shape index (κ2) is 10.8. The van der Waals surface area contributed by atoms with Crippen LogP contribution in [0.1, 0.15) is 38.3 Å². The lowest BCUT2D eigenvalue weighted by Gasteiger charge is -2.30. The van der Waals surface area contributed by atoms with Crippen LogP contribution in [-0.4, -0.2) is 34.4 Å². The number of halogens is 3. The molecule has 0 aliphatic carbocycles. The van der Waals surface area contributed by atoms with E-state index in [0.717, 1.165) is 29.0 Å². The van der Waals surface area contributed by atoms with Crippen LogP contribution in [0.15, 0.2) is 78.9 Å². The number of hydrogen-bond donors (Lipinski definition) is 0. The first-order valence-electron chi connectivity index (χ1n) is 12.5. The van der Waals surface area contributed by atoms with Crippen molar-refractivity contribution in [1.29, 1.82) is 0 Å². The van der Waals surface area contributed by atoms with Crippen molar-refractivity contribution >= 4 is 11.9 Å². The SMILES string of the molecule is Cc1ccccc1Oc1nc(N(C)Cc2ccccc2)nc2c1CN(C(=O)c1cccc(C(F)(F)F)c1)CC2. The summed E-state index contributed by atoms with van der Waals surface area (Å²) in [5, 5.41) is 0. The molecule has 1 aliphatic heterocycles. The third kappa shape index (κ3) is 5.87. The Morgan fingerprint density at radius 2 is 1.74 bits per heavy atom. The average Bonchev–Trinajstić information content (AvgIpc) is 2.93. The number of carbonyl (C=O) groups excluding carboxylic acids is 1. The molecule has 1 aromatic heterocycles. The molecule has 1 aliphatic rings. The minimum Gasteiger partial charge on any atom is -0.438 e. The zero-order valence-corrected chi connectivity index (χ0v) is 21.6. The highest BCUT2D eigenvalue weighted by Gasteiger charge is 2.32. The molecule has 0 unspecified atom stereocenters. The smallest absolute Gasteiger partial charge is 0.416 e. The topological polar surface area (TPSA) is 58.6 Å². The summed E-state index contributed by atoms with van der Waals surface area (Å²) in [4.78, 5) is 26.2. The van der Waals surface area contributed by atoms with E-state index in [4.69, 9.17) is 14.7 Å². The van der Waals surface area contributed by atoms with Crippen LogP contribution in [0.2, 0.25) is 0 Å². The molecule has 0 saturated heterocycles. The number of carbonyl (C=O) groups is 1. The molecule has 5 rings (SSSR count). The number of benzene rings is 3. The predicted octanol–water partition coefficient (Wildman–Crippen LogP) is 6.43. The summed E-state index contributed by atoms with van der Waals surface area (Å²) in [6.07, 6.45) is -4.12. The van der Waals surface area contributed by atoms with Gasteiger partial charge in [0.1, 0.15) is 5.75 Å². The van der Waals surface area contributed by atoms with E-state index in [1.807, 2.05) is 73.5 Å². The number of alkyl halides is 3. The number of amides is 1. The number of aryl methyl sites for hydroxylation is 1. The highest BCUT2D eigenvalue weighted by atomic mass is 19.4. The lowest BCUT2D eigenvalue weighted by Crippen LogP contribution is -2.37. The molecule has 39 heavy (non-hydrogen) atoms. The van der Waals surface area contributed by atoms with Crippen LogP contribution in [-0.2, 0) is 25.7 Å². The van der Waals surface area contributed by atoms with E-state index in [2.05, 4.69) is 0 Å². The molecule has 1 amide bonds. The summed E-state index contributed by atoms with van der Waals surface area (Å²) in [5.74, 6) is 0.944. The predicted molar refractivity (Wildman–Crippen MR) is 142 cm³/mol. The van der Waals surface area contributed by atoms with Crippen LogP contribution >= 0.6 is 0 Å². The number of aromatic nitrogens is 2. The highest BCUT2D eigenvalue weighted by Crippen LogP contribution is 2.34. The molecule has 2 heterocycles. The summed E-state index contributed by atoms with van der Waals surface area (Å²) >= 11 is 0. The van der Waals surface area contributed by atoms with Crippen molar-refractivity contribution in [3.05, 3.63) is 112 Å². The normalized spacial score (nSPS) is 13.1. The van der Waals surface area contributed by atoms with E-state index in [0.29, 0.717) is 42.7 Å². The average molecular weight is 533 g/mol. The zero-order chi connectivity index (χ0) is 27.6. The van der Waals surface area contributed by atoms with Crippen molar-refractivity contribution < 1.29 is 22.7 Å². The third-order valence-electron chi connectivity index (χ3n) is 6.64. The van der Waals surface area contributed by atoms with Gasteiger partial charge in [0.2, 0.25) is 11.8 Å². The number of hydrogen-bond acceptors (Lipinski definition) is 5. The molecule has 200 valence electrons. The van der Waals surface area contributed by atoms with Gasteiger partial charge < -0.3 is 14.5 Å². The molecular formula is C30H27F3N4O2. The number of ether oxygens (including phenoxy) is 1. The van der Waals surface area contributed by atoms with Crippen LogP contribution in [0.4, 0.5) is 19.1 Å². The lowest BCUT2D eigenvalue weighted by molar-refractivity contribution is -0.137. The van der Waals surface area contributed by atoms with Gasteiger partial charge in [-0.3, -0.25) is 4.79 Å². The minimum atomic E-state index is -4.53. The van der Waals surface area contributed by atoms with Gasteiger partial charge in [-0.25, -0.2) is 4.98 Å². The molecule has 0 atom stereocenters. The molecule has 0 spiro atoms. The fraction of sp³-hybridized carbons (Fsp3) is 0.233. The van der Waals surface area contributed by atoms with Crippen LogP contribution in [0, 0.1) is 6.92 Å². The monoisotopic (exact) mass is 532 g/mol. The van der Waals surface area contributed by atoms with E-state index in [-0.39, 0.29) is 12.1 Å². The molecule has 0 bridgehead atoms. The second-order valence-electron chi connectivity index (χ2n) is 9.52. The molecule has 0 radical (unpaired) electrons. The van der Waals surface area contributed by atoms with Crippen molar-refractivity contribution in [2.45, 2.75) is 32.6 Å². The van der Waals surface area contributed by atoms with Crippen molar-refractivity contribution in [1.82, 2.24) is 14.9 Å². The maximum atomic E-state index is 13.3. The standard InChI is InChI=1S/C30H27F3N4O2/c1-20-9-6-7-14-26(20)39-27-24-19-37(28(38)22-12-8-13-23(17-22)30(31,32)33)16-15-25(24)34-29(35-27)36(2)18-21-10-4-3-5-11-21/h3-14,17H,15-16,18-19H2,1-2H3. The van der Waals surface area contributed by atoms with Crippen molar-refractivity contribution in [2.24, 2.45) is 0 Å². The Kier molecular flexibility index (Phi) is 7.24. The van der Waals surface area contributed by atoms with E-state index in [9.17, 15) is 18.0 Å². The largest absolute Gasteiger partial charge is 0.438 e. The fourth-order valence-corrected chi connectivity index (χ4v) is 4.51. The van der Waals surface area contributed by atoms with E-state index >= 15 is 0 Å². The number of nitrogens with zero attached hydrogens (tertiary/aromatic N) is 4. The molecule has 0 saturated carbocycles. The van der Waals surface area contributed by atoms with E-state index in [1.54, 1.807) is 0 Å². The van der Waals surface area contributed by atoms with Gasteiger partial charge in [-0.15, -0.1) is 0 Å². The Bertz CT molecular complexity index is 1490. The summed E-state index contributed by atoms with van der Waals surface area (Å²) < 4.78 is 46.0. The molecule has 0 N–H and O–H groups in total. The first kappa shape index (κ1) is 26.2. The summed E-state index contributed by atoms with van der Waals surface area (Å²) in [6.45, 7) is 2.94. The number of rotatable bonds is 6. The van der Waals surface area contributed by atoms with Crippen LogP contribution in [0.3, 0.4) is 0 Å². The summed E-state index contributed by atoms with van der Waals surface area (Å²) in [7, 11) is 1.90. The molecule has 3 aromatic carbocycles. The highest BCUT2D eigenvalue weighted by molar-refractivity contribution is 5.94. The van der Waals surface area contributed by atoms with Gasteiger partial charge in [0.05, 0.1) is 23.4 Å².